The second kappa shape index (κ2) is 2.73. The standard InChI is InChI=1S/C9H10N2O2/c1-5-3-6(2)10-9-8(5)11-7(12)4-13-9/h3H,4H2,1-2H3,(H,11,12). The van der Waals surface area contributed by atoms with E-state index in [4.69, 9.17) is 4.74 Å². The molecule has 0 aliphatic carbocycles. The van der Waals surface area contributed by atoms with E-state index in [1.165, 1.54) is 0 Å². The Bertz CT molecular complexity index is 374. The molecule has 1 aliphatic rings. The van der Waals surface area contributed by atoms with Gasteiger partial charge in [-0.05, 0) is 25.5 Å². The molecule has 0 spiro atoms. The molecule has 0 radical (unpaired) electrons. The fraction of sp³-hybridized carbons (Fsp3) is 0.333. The molecule has 1 amide bonds. The Morgan fingerprint density at radius 3 is 3.08 bits per heavy atom. The number of rotatable bonds is 0. The number of nitrogens with one attached hydrogen (secondary N) is 1. The van der Waals surface area contributed by atoms with Crippen LogP contribution in [0.4, 0.5) is 5.69 Å². The van der Waals surface area contributed by atoms with E-state index >= 15 is 0 Å². The van der Waals surface area contributed by atoms with Crippen molar-refractivity contribution in [1.29, 1.82) is 0 Å². The molecule has 2 rings (SSSR count). The average Bonchev–Trinajstić information content (AvgIpc) is 2.06. The van der Waals surface area contributed by atoms with Gasteiger partial charge in [-0.15, -0.1) is 0 Å². The second-order valence-electron chi connectivity index (χ2n) is 3.10. The minimum atomic E-state index is -0.124. The summed E-state index contributed by atoms with van der Waals surface area (Å²) >= 11 is 0. The van der Waals surface area contributed by atoms with Crippen molar-refractivity contribution in [2.45, 2.75) is 13.8 Å². The lowest BCUT2D eigenvalue weighted by Crippen LogP contribution is -2.26. The molecule has 4 nitrogen and oxygen atoms in total. The van der Waals surface area contributed by atoms with Crippen molar-refractivity contribution in [2.75, 3.05) is 11.9 Å². The molecule has 2 heterocycles. The zero-order chi connectivity index (χ0) is 9.42. The van der Waals surface area contributed by atoms with Gasteiger partial charge in [-0.1, -0.05) is 0 Å². The normalized spacial score (nSPS) is 14.5. The van der Waals surface area contributed by atoms with Gasteiger partial charge < -0.3 is 10.1 Å². The number of carbonyl (C=O) groups is 1. The van der Waals surface area contributed by atoms with Crippen LogP contribution in [0.1, 0.15) is 11.3 Å². The lowest BCUT2D eigenvalue weighted by molar-refractivity contribution is -0.118. The van der Waals surface area contributed by atoms with Crippen molar-refractivity contribution in [3.8, 4) is 5.88 Å². The van der Waals surface area contributed by atoms with Gasteiger partial charge in [-0.25, -0.2) is 4.98 Å². The summed E-state index contributed by atoms with van der Waals surface area (Å²) in [5.74, 6) is 0.401. The molecule has 0 atom stereocenters. The quantitative estimate of drug-likeness (QED) is 0.645. The molecule has 13 heavy (non-hydrogen) atoms. The molecular weight excluding hydrogens is 168 g/mol. The van der Waals surface area contributed by atoms with E-state index in [-0.39, 0.29) is 12.5 Å². The molecule has 1 aliphatic heterocycles. The fourth-order valence-electron chi connectivity index (χ4n) is 1.37. The number of hydrogen-bond donors (Lipinski definition) is 1. The van der Waals surface area contributed by atoms with E-state index in [0.717, 1.165) is 11.3 Å². The Kier molecular flexibility index (Phi) is 1.69. The third-order valence-corrected chi connectivity index (χ3v) is 1.92. The van der Waals surface area contributed by atoms with Gasteiger partial charge in [-0.3, -0.25) is 4.79 Å². The van der Waals surface area contributed by atoms with Crippen molar-refractivity contribution in [3.05, 3.63) is 17.3 Å². The Morgan fingerprint density at radius 1 is 1.54 bits per heavy atom. The predicted molar refractivity (Wildman–Crippen MR) is 47.8 cm³/mol. The van der Waals surface area contributed by atoms with Gasteiger partial charge in [0.2, 0.25) is 5.88 Å². The van der Waals surface area contributed by atoms with Crippen LogP contribution in [0.2, 0.25) is 0 Å². The summed E-state index contributed by atoms with van der Waals surface area (Å²) in [5, 5.41) is 2.73. The van der Waals surface area contributed by atoms with Crippen LogP contribution in [0, 0.1) is 13.8 Å². The number of hydrogen-bond acceptors (Lipinski definition) is 3. The van der Waals surface area contributed by atoms with E-state index < -0.39 is 0 Å². The molecule has 0 unspecified atom stereocenters. The molecule has 4 heteroatoms. The Hall–Kier alpha value is -1.58. The number of anilines is 1. The number of fused-ring (bicyclic) bond motifs is 1. The lowest BCUT2D eigenvalue weighted by atomic mass is 10.2. The van der Waals surface area contributed by atoms with E-state index in [9.17, 15) is 4.79 Å². The topological polar surface area (TPSA) is 51.2 Å². The van der Waals surface area contributed by atoms with Crippen LogP contribution in [0.25, 0.3) is 0 Å². The van der Waals surface area contributed by atoms with E-state index in [2.05, 4.69) is 10.3 Å². The second-order valence-corrected chi connectivity index (χ2v) is 3.10. The molecule has 1 aromatic rings. The SMILES string of the molecule is Cc1cc(C)c2c(n1)OCC(=O)N2. The molecule has 0 saturated heterocycles. The van der Waals surface area contributed by atoms with Crippen molar-refractivity contribution < 1.29 is 9.53 Å². The maximum Gasteiger partial charge on any atom is 0.262 e. The van der Waals surface area contributed by atoms with Gasteiger partial charge in [0.05, 0.1) is 0 Å². The minimum Gasteiger partial charge on any atom is -0.466 e. The first-order chi connectivity index (χ1) is 6.16. The maximum absolute atomic E-state index is 11.0. The zero-order valence-corrected chi connectivity index (χ0v) is 7.55. The molecule has 0 aromatic carbocycles. The first-order valence-corrected chi connectivity index (χ1v) is 4.08. The summed E-state index contributed by atoms with van der Waals surface area (Å²) < 4.78 is 5.17. The zero-order valence-electron chi connectivity index (χ0n) is 7.55. The number of pyridine rings is 1. The maximum atomic E-state index is 11.0. The number of carbonyl (C=O) groups excluding carboxylic acids is 1. The van der Waals surface area contributed by atoms with E-state index in [1.807, 2.05) is 19.9 Å². The van der Waals surface area contributed by atoms with Crippen LogP contribution >= 0.6 is 0 Å². The number of ether oxygens (including phenoxy) is 1. The van der Waals surface area contributed by atoms with Crippen molar-refractivity contribution in [2.24, 2.45) is 0 Å². The van der Waals surface area contributed by atoms with Gasteiger partial charge in [0.1, 0.15) is 5.69 Å². The third-order valence-electron chi connectivity index (χ3n) is 1.92. The molecule has 68 valence electrons. The highest BCUT2D eigenvalue weighted by atomic mass is 16.5. The van der Waals surface area contributed by atoms with Crippen LogP contribution in [-0.4, -0.2) is 17.5 Å². The summed E-state index contributed by atoms with van der Waals surface area (Å²) in [7, 11) is 0. The van der Waals surface area contributed by atoms with Crippen molar-refractivity contribution >= 4 is 11.6 Å². The summed E-state index contributed by atoms with van der Waals surface area (Å²) in [4.78, 5) is 15.2. The highest BCUT2D eigenvalue weighted by Gasteiger charge is 2.18. The first-order valence-electron chi connectivity index (χ1n) is 4.08. The molecular formula is C9H10N2O2. The molecule has 0 bridgehead atoms. The van der Waals surface area contributed by atoms with Crippen LogP contribution in [-0.2, 0) is 4.79 Å². The fourth-order valence-corrected chi connectivity index (χ4v) is 1.37. The molecule has 1 N–H and O–H groups in total. The van der Waals surface area contributed by atoms with Crippen molar-refractivity contribution in [1.82, 2.24) is 4.98 Å². The molecule has 0 fully saturated rings. The minimum absolute atomic E-state index is 0.0584. The van der Waals surface area contributed by atoms with E-state index in [0.29, 0.717) is 11.6 Å². The summed E-state index contributed by atoms with van der Waals surface area (Å²) in [6.45, 7) is 3.87. The van der Waals surface area contributed by atoms with Crippen LogP contribution in [0.15, 0.2) is 6.07 Å². The number of aromatic nitrogens is 1. The third kappa shape index (κ3) is 1.35. The Balaban J connectivity index is 2.53. The molecule has 1 aromatic heterocycles. The van der Waals surface area contributed by atoms with Gasteiger partial charge in [0.25, 0.3) is 5.91 Å². The van der Waals surface area contributed by atoms with Crippen LogP contribution in [0.5, 0.6) is 5.88 Å². The Morgan fingerprint density at radius 2 is 2.31 bits per heavy atom. The van der Waals surface area contributed by atoms with E-state index in [1.54, 1.807) is 0 Å². The number of nitrogens with zero attached hydrogens (tertiary/aromatic N) is 1. The monoisotopic (exact) mass is 178 g/mol. The number of aryl methyl sites for hydroxylation is 2. The van der Waals surface area contributed by atoms with Crippen LogP contribution < -0.4 is 10.1 Å². The highest BCUT2D eigenvalue weighted by Crippen LogP contribution is 2.28. The smallest absolute Gasteiger partial charge is 0.262 e. The largest absolute Gasteiger partial charge is 0.466 e. The van der Waals surface area contributed by atoms with Gasteiger partial charge in [-0.2, -0.15) is 0 Å². The van der Waals surface area contributed by atoms with Gasteiger partial charge >= 0.3 is 0 Å². The number of amides is 1. The van der Waals surface area contributed by atoms with Crippen LogP contribution in [0.3, 0.4) is 0 Å². The summed E-state index contributed by atoms with van der Waals surface area (Å²) in [6.07, 6.45) is 0. The molecule has 0 saturated carbocycles. The lowest BCUT2D eigenvalue weighted by Gasteiger charge is -2.18. The average molecular weight is 178 g/mol. The predicted octanol–water partition coefficient (Wildman–Crippen LogP) is 1.03. The van der Waals surface area contributed by atoms with Gasteiger partial charge in [0, 0.05) is 5.69 Å². The van der Waals surface area contributed by atoms with Gasteiger partial charge in [0.15, 0.2) is 6.61 Å². The Labute approximate surface area is 75.9 Å². The van der Waals surface area contributed by atoms with Crippen molar-refractivity contribution in [3.63, 3.8) is 0 Å². The first kappa shape index (κ1) is 8.04. The highest BCUT2D eigenvalue weighted by molar-refractivity contribution is 5.95. The summed E-state index contributed by atoms with van der Waals surface area (Å²) in [5.41, 5.74) is 2.57. The summed E-state index contributed by atoms with van der Waals surface area (Å²) in [6, 6.07) is 1.91.